The molecule has 0 bridgehead atoms. The highest BCUT2D eigenvalue weighted by Crippen LogP contribution is 2.36. The highest BCUT2D eigenvalue weighted by molar-refractivity contribution is 6.30. The zero-order valence-corrected chi connectivity index (χ0v) is 20.7. The van der Waals surface area contributed by atoms with E-state index in [-0.39, 0.29) is 6.04 Å². The summed E-state index contributed by atoms with van der Waals surface area (Å²) >= 11 is 6.15. The number of methoxy groups -OCH3 is 1. The van der Waals surface area contributed by atoms with Crippen molar-refractivity contribution in [2.75, 3.05) is 39.1 Å². The molecule has 0 saturated heterocycles. The smallest absolute Gasteiger partial charge is 0.210 e. The van der Waals surface area contributed by atoms with E-state index in [0.29, 0.717) is 30.4 Å². The minimum atomic E-state index is -0.156. The first-order chi connectivity index (χ1) is 16.5. The largest absolute Gasteiger partial charge is 0.492 e. The van der Waals surface area contributed by atoms with Gasteiger partial charge in [-0.1, -0.05) is 36.4 Å². The lowest BCUT2D eigenvalue weighted by Crippen LogP contribution is -2.30. The first-order valence-electron chi connectivity index (χ1n) is 10.9. The molecule has 184 valence electrons. The van der Waals surface area contributed by atoms with Gasteiger partial charge < -0.3 is 30.8 Å². The van der Waals surface area contributed by atoms with E-state index in [1.165, 1.54) is 0 Å². The van der Waals surface area contributed by atoms with E-state index in [9.17, 15) is 4.79 Å². The predicted molar refractivity (Wildman–Crippen MR) is 141 cm³/mol. The summed E-state index contributed by atoms with van der Waals surface area (Å²) in [6.07, 6.45) is 5.35. The number of nitrogen functional groups attached to an aromatic ring is 1. The third-order valence-electron chi connectivity index (χ3n) is 5.02. The van der Waals surface area contributed by atoms with Crippen LogP contribution in [0.4, 0.5) is 5.69 Å². The molecule has 0 radical (unpaired) electrons. The lowest BCUT2D eigenvalue weighted by atomic mass is 9.92. The van der Waals surface area contributed by atoms with Crippen LogP contribution in [-0.4, -0.2) is 51.4 Å². The van der Waals surface area contributed by atoms with Crippen LogP contribution in [0.15, 0.2) is 61.3 Å². The minimum Gasteiger partial charge on any atom is -0.492 e. The molecule has 0 saturated carbocycles. The minimum absolute atomic E-state index is 0.156. The number of nitrogens with two attached hydrogens (primary N) is 1. The van der Waals surface area contributed by atoms with Crippen molar-refractivity contribution in [3.63, 3.8) is 0 Å². The number of carbonyl (C=O) groups is 1. The van der Waals surface area contributed by atoms with Crippen LogP contribution in [0.25, 0.3) is 5.57 Å². The van der Waals surface area contributed by atoms with Crippen LogP contribution in [0.3, 0.4) is 0 Å². The maximum Gasteiger partial charge on any atom is 0.210 e. The maximum atomic E-state index is 11.6. The summed E-state index contributed by atoms with van der Waals surface area (Å²) in [5, 5.41) is 9.14. The molecule has 34 heavy (non-hydrogen) atoms. The summed E-state index contributed by atoms with van der Waals surface area (Å²) in [5.74, 6) is 0.784. The molecular weight excluding hydrogens is 452 g/mol. The molecule has 7 nitrogen and oxygen atoms in total. The summed E-state index contributed by atoms with van der Waals surface area (Å²) in [6, 6.07) is 13.1. The summed E-state index contributed by atoms with van der Waals surface area (Å²) in [4.78, 5) is 13.4. The van der Waals surface area contributed by atoms with Crippen LogP contribution in [0.2, 0.25) is 5.02 Å². The number of amides is 1. The number of halogens is 1. The van der Waals surface area contributed by atoms with Crippen LogP contribution in [0.5, 0.6) is 5.75 Å². The van der Waals surface area contributed by atoms with Gasteiger partial charge in [-0.05, 0) is 67.7 Å². The topological polar surface area (TPSA) is 101 Å². The van der Waals surface area contributed by atoms with Gasteiger partial charge in [-0.15, -0.1) is 0 Å². The normalized spacial score (nSPS) is 14.4. The standard InChI is InChI=1S/C22H24ClN3O2.C3H8O.CH3N/c1-2-25-10-12-28-19-6-3-16(4-7-19)22-13-17(9-11-26(22)15-27)20-14-18(23)5-8-21(20)24;1-3-4-2;1-2/h2-8,13-15,22,25H,1,9-12,24H2;3H2,1-2H3;2H,1H2. The van der Waals surface area contributed by atoms with Crippen LogP contribution in [0, 0.1) is 5.41 Å². The van der Waals surface area contributed by atoms with Crippen molar-refractivity contribution in [2.45, 2.75) is 19.4 Å². The molecule has 0 aliphatic carbocycles. The zero-order chi connectivity index (χ0) is 25.3. The van der Waals surface area contributed by atoms with E-state index < -0.39 is 0 Å². The Balaban J connectivity index is 0.000000872. The Labute approximate surface area is 207 Å². The van der Waals surface area contributed by atoms with Crippen molar-refractivity contribution >= 4 is 36.0 Å². The van der Waals surface area contributed by atoms with Gasteiger partial charge in [0.25, 0.3) is 0 Å². The first kappa shape index (κ1) is 28.7. The number of rotatable bonds is 9. The molecule has 1 aliphatic rings. The van der Waals surface area contributed by atoms with Gasteiger partial charge in [-0.2, -0.15) is 0 Å². The molecule has 0 spiro atoms. The molecule has 8 heteroatoms. The molecule has 0 aromatic heterocycles. The number of carbonyl (C=O) groups excluding carboxylic acids is 1. The Hall–Kier alpha value is -3.29. The predicted octanol–water partition coefficient (Wildman–Crippen LogP) is 4.94. The Morgan fingerprint density at radius 3 is 2.53 bits per heavy atom. The summed E-state index contributed by atoms with van der Waals surface area (Å²) in [5.41, 5.74) is 9.87. The average Bonchev–Trinajstić information content (AvgIpc) is 2.89. The number of hydrogen-bond donors (Lipinski definition) is 3. The molecule has 2 aromatic rings. The SMILES string of the molecule is C=CNCCOc1ccc(C2C=C(c3cc(Cl)ccc3N)CCN2C=O)cc1.C=N.CCOC. The molecule has 1 heterocycles. The highest BCUT2D eigenvalue weighted by atomic mass is 35.5. The summed E-state index contributed by atoms with van der Waals surface area (Å²) < 4.78 is 10.2. The van der Waals surface area contributed by atoms with Gasteiger partial charge in [-0.25, -0.2) is 0 Å². The van der Waals surface area contributed by atoms with Crippen molar-refractivity contribution in [3.05, 3.63) is 77.5 Å². The van der Waals surface area contributed by atoms with Gasteiger partial charge in [0.1, 0.15) is 12.4 Å². The van der Waals surface area contributed by atoms with E-state index in [0.717, 1.165) is 41.9 Å². The second kappa shape index (κ2) is 16.3. The van der Waals surface area contributed by atoms with E-state index >= 15 is 0 Å². The highest BCUT2D eigenvalue weighted by Gasteiger charge is 2.24. The lowest BCUT2D eigenvalue weighted by molar-refractivity contribution is -0.119. The number of benzene rings is 2. The molecule has 0 fully saturated rings. The Morgan fingerprint density at radius 1 is 1.26 bits per heavy atom. The number of nitrogens with zero attached hydrogens (tertiary/aromatic N) is 1. The van der Waals surface area contributed by atoms with Crippen LogP contribution in [-0.2, 0) is 9.53 Å². The number of anilines is 1. The van der Waals surface area contributed by atoms with Crippen molar-refractivity contribution in [2.24, 2.45) is 0 Å². The second-order valence-corrected chi connectivity index (χ2v) is 7.55. The number of ether oxygens (including phenoxy) is 2. The average molecular weight is 487 g/mol. The van der Waals surface area contributed by atoms with E-state index in [4.69, 9.17) is 27.5 Å². The van der Waals surface area contributed by atoms with Crippen molar-refractivity contribution in [3.8, 4) is 5.75 Å². The van der Waals surface area contributed by atoms with Crippen molar-refractivity contribution < 1.29 is 14.3 Å². The van der Waals surface area contributed by atoms with E-state index in [2.05, 4.69) is 29.4 Å². The van der Waals surface area contributed by atoms with Gasteiger partial charge in [-0.3, -0.25) is 4.79 Å². The molecule has 3 rings (SSSR count). The third kappa shape index (κ3) is 8.92. The molecule has 4 N–H and O–H groups in total. The van der Waals surface area contributed by atoms with Crippen molar-refractivity contribution in [1.29, 1.82) is 5.41 Å². The third-order valence-corrected chi connectivity index (χ3v) is 5.26. The van der Waals surface area contributed by atoms with Gasteiger partial charge in [0.2, 0.25) is 6.41 Å². The molecule has 2 aromatic carbocycles. The van der Waals surface area contributed by atoms with Gasteiger partial charge >= 0.3 is 0 Å². The fourth-order valence-corrected chi connectivity index (χ4v) is 3.46. The first-order valence-corrected chi connectivity index (χ1v) is 11.3. The molecular formula is C26H35ClN4O3. The molecule has 1 aliphatic heterocycles. The van der Waals surface area contributed by atoms with Gasteiger partial charge in [0, 0.05) is 43.1 Å². The summed E-state index contributed by atoms with van der Waals surface area (Å²) in [6.45, 7) is 10.7. The zero-order valence-electron chi connectivity index (χ0n) is 19.9. The number of hydrogen-bond acceptors (Lipinski definition) is 6. The fraction of sp³-hybridized carbons (Fsp3) is 0.308. The van der Waals surface area contributed by atoms with Gasteiger partial charge in [0.15, 0.2) is 0 Å². The fourth-order valence-electron chi connectivity index (χ4n) is 3.29. The Kier molecular flexibility index (Phi) is 13.8. The molecule has 1 amide bonds. The summed E-state index contributed by atoms with van der Waals surface area (Å²) in [7, 11) is 1.68. The maximum absolute atomic E-state index is 11.6. The van der Waals surface area contributed by atoms with E-state index in [1.54, 1.807) is 24.3 Å². The molecule has 1 unspecified atom stereocenters. The second-order valence-electron chi connectivity index (χ2n) is 7.11. The van der Waals surface area contributed by atoms with Crippen LogP contribution < -0.4 is 15.8 Å². The molecule has 1 atom stereocenters. The quantitative estimate of drug-likeness (QED) is 0.202. The monoisotopic (exact) mass is 486 g/mol. The van der Waals surface area contributed by atoms with E-state index in [1.807, 2.05) is 43.3 Å². The Morgan fingerprint density at radius 2 is 1.94 bits per heavy atom. The van der Waals surface area contributed by atoms with Crippen LogP contribution in [0.1, 0.15) is 30.5 Å². The lowest BCUT2D eigenvalue weighted by Gasteiger charge is -2.32. The van der Waals surface area contributed by atoms with Crippen LogP contribution >= 0.6 is 11.6 Å². The van der Waals surface area contributed by atoms with Crippen molar-refractivity contribution in [1.82, 2.24) is 10.2 Å². The van der Waals surface area contributed by atoms with Gasteiger partial charge in [0.05, 0.1) is 6.04 Å². The Bertz CT molecular complexity index is 917. The number of nitrogens with one attached hydrogen (secondary N) is 2.